The molecule has 1 rings (SSSR count). The van der Waals surface area contributed by atoms with Crippen LogP contribution in [0.1, 0.15) is 26.7 Å². The summed E-state index contributed by atoms with van der Waals surface area (Å²) in [4.78, 5) is 2.20. The first-order chi connectivity index (χ1) is 6.22. The molecule has 0 aromatic rings. The summed E-state index contributed by atoms with van der Waals surface area (Å²) in [6.07, 6.45) is 11.2. The maximum absolute atomic E-state index is 2.31. The quantitative estimate of drug-likeness (QED) is 0.640. The Balaban J connectivity index is 2.58. The predicted molar refractivity (Wildman–Crippen MR) is 58.5 cm³/mol. The Morgan fingerprint density at radius 2 is 2.38 bits per heavy atom. The van der Waals surface area contributed by atoms with E-state index in [0.29, 0.717) is 0 Å². The molecule has 0 aromatic carbocycles. The zero-order valence-corrected chi connectivity index (χ0v) is 8.88. The van der Waals surface area contributed by atoms with Crippen molar-refractivity contribution in [2.45, 2.75) is 26.7 Å². The van der Waals surface area contributed by atoms with Gasteiger partial charge >= 0.3 is 0 Å². The van der Waals surface area contributed by atoms with Gasteiger partial charge in [-0.3, -0.25) is 0 Å². The third-order valence-corrected chi connectivity index (χ3v) is 2.16. The first kappa shape index (κ1) is 10.1. The van der Waals surface area contributed by atoms with Gasteiger partial charge in [0.15, 0.2) is 0 Å². The van der Waals surface area contributed by atoms with Gasteiger partial charge in [0, 0.05) is 13.6 Å². The SMILES string of the molecule is CCCC(C)=CC1=CC=CN(C)C1. The minimum atomic E-state index is 1.04. The van der Waals surface area contributed by atoms with Gasteiger partial charge in [0.25, 0.3) is 0 Å². The van der Waals surface area contributed by atoms with Gasteiger partial charge in [-0.25, -0.2) is 0 Å². The van der Waals surface area contributed by atoms with Crippen LogP contribution >= 0.6 is 0 Å². The average Bonchev–Trinajstić information content (AvgIpc) is 2.04. The lowest BCUT2D eigenvalue weighted by Crippen LogP contribution is -2.15. The second-order valence-corrected chi connectivity index (χ2v) is 3.74. The normalized spacial score (nSPS) is 17.6. The fourth-order valence-corrected chi connectivity index (χ4v) is 1.58. The molecule has 0 aliphatic carbocycles. The van der Waals surface area contributed by atoms with Gasteiger partial charge < -0.3 is 4.90 Å². The first-order valence-corrected chi connectivity index (χ1v) is 4.97. The van der Waals surface area contributed by atoms with Crippen LogP contribution in [0, 0.1) is 0 Å². The lowest BCUT2D eigenvalue weighted by molar-refractivity contribution is 0.495. The van der Waals surface area contributed by atoms with E-state index in [1.165, 1.54) is 24.0 Å². The number of hydrogen-bond acceptors (Lipinski definition) is 1. The predicted octanol–water partition coefficient (Wildman–Crippen LogP) is 3.12. The van der Waals surface area contributed by atoms with Crippen LogP contribution in [0.15, 0.2) is 35.6 Å². The van der Waals surface area contributed by atoms with Gasteiger partial charge in [0.05, 0.1) is 0 Å². The molecular weight excluding hydrogens is 158 g/mol. The Labute approximate surface area is 81.4 Å². The highest BCUT2D eigenvalue weighted by molar-refractivity contribution is 5.30. The van der Waals surface area contributed by atoms with E-state index >= 15 is 0 Å². The monoisotopic (exact) mass is 177 g/mol. The number of nitrogens with zero attached hydrogens (tertiary/aromatic N) is 1. The van der Waals surface area contributed by atoms with Crippen molar-refractivity contribution < 1.29 is 0 Å². The largest absolute Gasteiger partial charge is 0.376 e. The van der Waals surface area contributed by atoms with E-state index in [0.717, 1.165) is 6.54 Å². The van der Waals surface area contributed by atoms with E-state index in [-0.39, 0.29) is 0 Å². The van der Waals surface area contributed by atoms with E-state index < -0.39 is 0 Å². The van der Waals surface area contributed by atoms with Crippen LogP contribution in [0.5, 0.6) is 0 Å². The molecule has 0 unspecified atom stereocenters. The average molecular weight is 177 g/mol. The molecule has 0 saturated heterocycles. The molecule has 0 radical (unpaired) electrons. The van der Waals surface area contributed by atoms with Crippen LogP contribution in [0.3, 0.4) is 0 Å². The Morgan fingerprint density at radius 3 is 3.00 bits per heavy atom. The van der Waals surface area contributed by atoms with Crippen molar-refractivity contribution in [3.05, 3.63) is 35.6 Å². The molecule has 1 heterocycles. The molecule has 0 spiro atoms. The molecule has 0 N–H and O–H groups in total. The van der Waals surface area contributed by atoms with Gasteiger partial charge in [0.2, 0.25) is 0 Å². The zero-order valence-electron chi connectivity index (χ0n) is 8.88. The van der Waals surface area contributed by atoms with Gasteiger partial charge in [-0.2, -0.15) is 0 Å². The minimum Gasteiger partial charge on any atom is -0.376 e. The molecule has 0 fully saturated rings. The number of allylic oxidation sites excluding steroid dienone is 3. The summed E-state index contributed by atoms with van der Waals surface area (Å²) in [6, 6.07) is 0. The first-order valence-electron chi connectivity index (χ1n) is 4.97. The Hall–Kier alpha value is -0.980. The van der Waals surface area contributed by atoms with Crippen LogP contribution in [0.4, 0.5) is 0 Å². The van der Waals surface area contributed by atoms with Crippen molar-refractivity contribution in [1.29, 1.82) is 0 Å². The Kier molecular flexibility index (Phi) is 3.81. The van der Waals surface area contributed by atoms with Crippen LogP contribution in [0.2, 0.25) is 0 Å². The summed E-state index contributed by atoms with van der Waals surface area (Å²) < 4.78 is 0. The maximum atomic E-state index is 2.31. The third-order valence-electron chi connectivity index (χ3n) is 2.16. The summed E-state index contributed by atoms with van der Waals surface area (Å²) in [7, 11) is 2.10. The standard InChI is InChI=1S/C12H19N/c1-4-6-11(2)9-12-7-5-8-13(3)10-12/h5,7-9H,4,6,10H2,1-3H3. The fraction of sp³-hybridized carbons (Fsp3) is 0.500. The van der Waals surface area contributed by atoms with Crippen molar-refractivity contribution in [3.8, 4) is 0 Å². The molecule has 72 valence electrons. The lowest BCUT2D eigenvalue weighted by atomic mass is 10.1. The molecule has 1 heteroatoms. The second kappa shape index (κ2) is 4.90. The summed E-state index contributed by atoms with van der Waals surface area (Å²) in [5.74, 6) is 0. The molecule has 13 heavy (non-hydrogen) atoms. The summed E-state index contributed by atoms with van der Waals surface area (Å²) >= 11 is 0. The summed E-state index contributed by atoms with van der Waals surface area (Å²) in [5.41, 5.74) is 2.90. The van der Waals surface area contributed by atoms with Gasteiger partial charge in [-0.1, -0.05) is 31.1 Å². The highest BCUT2D eigenvalue weighted by Gasteiger charge is 2.00. The van der Waals surface area contributed by atoms with Crippen LogP contribution in [-0.2, 0) is 0 Å². The van der Waals surface area contributed by atoms with Crippen molar-refractivity contribution in [1.82, 2.24) is 4.90 Å². The lowest BCUT2D eigenvalue weighted by Gasteiger charge is -2.18. The summed E-state index contributed by atoms with van der Waals surface area (Å²) in [5, 5.41) is 0. The smallest absolute Gasteiger partial charge is 0.0420 e. The molecule has 0 atom stereocenters. The van der Waals surface area contributed by atoms with E-state index in [1.807, 2.05) is 0 Å². The second-order valence-electron chi connectivity index (χ2n) is 3.74. The van der Waals surface area contributed by atoms with Crippen molar-refractivity contribution in [3.63, 3.8) is 0 Å². The van der Waals surface area contributed by atoms with Gasteiger partial charge in [-0.05, 0) is 31.2 Å². The molecule has 0 saturated carbocycles. The molecule has 0 aromatic heterocycles. The fourth-order valence-electron chi connectivity index (χ4n) is 1.58. The van der Waals surface area contributed by atoms with Crippen molar-refractivity contribution >= 4 is 0 Å². The molecule has 1 nitrogen and oxygen atoms in total. The van der Waals surface area contributed by atoms with Crippen LogP contribution in [-0.4, -0.2) is 18.5 Å². The number of likely N-dealkylation sites (N-methyl/N-ethyl adjacent to an activating group) is 1. The van der Waals surface area contributed by atoms with E-state index in [4.69, 9.17) is 0 Å². The minimum absolute atomic E-state index is 1.04. The third kappa shape index (κ3) is 3.49. The van der Waals surface area contributed by atoms with Crippen LogP contribution in [0.25, 0.3) is 0 Å². The van der Waals surface area contributed by atoms with Crippen molar-refractivity contribution in [2.75, 3.05) is 13.6 Å². The van der Waals surface area contributed by atoms with Gasteiger partial charge in [-0.15, -0.1) is 0 Å². The molecule has 1 aliphatic rings. The molecule has 1 aliphatic heterocycles. The van der Waals surface area contributed by atoms with Crippen LogP contribution < -0.4 is 0 Å². The molecule has 0 bridgehead atoms. The maximum Gasteiger partial charge on any atom is 0.0420 e. The molecule has 0 amide bonds. The molecular formula is C12H19N. The topological polar surface area (TPSA) is 3.24 Å². The number of hydrogen-bond donors (Lipinski definition) is 0. The van der Waals surface area contributed by atoms with E-state index in [2.05, 4.69) is 50.2 Å². The highest BCUT2D eigenvalue weighted by atomic mass is 15.1. The zero-order chi connectivity index (χ0) is 9.68. The van der Waals surface area contributed by atoms with Crippen molar-refractivity contribution in [2.24, 2.45) is 0 Å². The Bertz CT molecular complexity index is 246. The Morgan fingerprint density at radius 1 is 1.62 bits per heavy atom. The summed E-state index contributed by atoms with van der Waals surface area (Å²) in [6.45, 7) is 5.47. The van der Waals surface area contributed by atoms with E-state index in [1.54, 1.807) is 0 Å². The van der Waals surface area contributed by atoms with E-state index in [9.17, 15) is 0 Å². The van der Waals surface area contributed by atoms with Gasteiger partial charge in [0.1, 0.15) is 0 Å². The highest BCUT2D eigenvalue weighted by Crippen LogP contribution is 2.12. The number of rotatable bonds is 3.